The van der Waals surface area contributed by atoms with Gasteiger partial charge in [-0.3, -0.25) is 4.79 Å². The molecule has 0 saturated carbocycles. The van der Waals surface area contributed by atoms with Crippen LogP contribution in [0.4, 0.5) is 0 Å². The molecular weight excluding hydrogens is 268 g/mol. The SMILES string of the molecule is C=CC[C@H](OC(C)=O)[C@@H](C)CCO[Si](C)(C)C(C)(C)C. The zero-order chi connectivity index (χ0) is 16.0. The van der Waals surface area contributed by atoms with Crippen molar-refractivity contribution in [2.24, 2.45) is 5.92 Å². The number of carbonyl (C=O) groups excluding carboxylic acids is 1. The van der Waals surface area contributed by atoms with Crippen LogP contribution in [0.2, 0.25) is 18.1 Å². The van der Waals surface area contributed by atoms with E-state index in [2.05, 4.69) is 47.4 Å². The maximum absolute atomic E-state index is 11.1. The molecule has 0 aliphatic rings. The highest BCUT2D eigenvalue weighted by Crippen LogP contribution is 2.36. The van der Waals surface area contributed by atoms with Crippen molar-refractivity contribution in [3.8, 4) is 0 Å². The summed E-state index contributed by atoms with van der Waals surface area (Å²) < 4.78 is 11.5. The summed E-state index contributed by atoms with van der Waals surface area (Å²) in [4.78, 5) is 11.1. The molecule has 0 amide bonds. The highest BCUT2D eigenvalue weighted by Gasteiger charge is 2.37. The molecule has 0 aromatic rings. The monoisotopic (exact) mass is 300 g/mol. The van der Waals surface area contributed by atoms with Crippen molar-refractivity contribution in [3.63, 3.8) is 0 Å². The molecule has 0 rings (SSSR count). The topological polar surface area (TPSA) is 35.5 Å². The van der Waals surface area contributed by atoms with E-state index in [4.69, 9.17) is 9.16 Å². The van der Waals surface area contributed by atoms with Gasteiger partial charge in [-0.2, -0.15) is 0 Å². The highest BCUT2D eigenvalue weighted by molar-refractivity contribution is 6.74. The standard InChI is InChI=1S/C16H32O3Si/c1-9-10-15(19-14(3)17)13(2)11-12-18-20(7,8)16(4,5)6/h9,13,15H,1,10-12H2,2-8H3/t13-,15-/m0/s1. The molecule has 0 unspecified atom stereocenters. The molecule has 0 saturated heterocycles. The van der Waals surface area contributed by atoms with Gasteiger partial charge in [-0.25, -0.2) is 0 Å². The molecular formula is C16H32O3Si. The third-order valence-electron chi connectivity index (χ3n) is 4.19. The number of rotatable bonds is 8. The summed E-state index contributed by atoms with van der Waals surface area (Å²) in [5.74, 6) is 0.0516. The van der Waals surface area contributed by atoms with E-state index >= 15 is 0 Å². The molecule has 0 fully saturated rings. The second-order valence-corrected chi connectivity index (χ2v) is 11.9. The molecule has 0 aliphatic carbocycles. The number of hydrogen-bond donors (Lipinski definition) is 0. The maximum Gasteiger partial charge on any atom is 0.302 e. The third-order valence-corrected chi connectivity index (χ3v) is 8.73. The Hall–Kier alpha value is -0.613. The first kappa shape index (κ1) is 19.4. The zero-order valence-electron chi connectivity index (χ0n) is 14.3. The number of carbonyl (C=O) groups is 1. The number of ether oxygens (including phenoxy) is 1. The van der Waals surface area contributed by atoms with Crippen LogP contribution in [0.3, 0.4) is 0 Å². The summed E-state index contributed by atoms with van der Waals surface area (Å²) in [7, 11) is -1.68. The van der Waals surface area contributed by atoms with E-state index in [1.54, 1.807) is 6.08 Å². The van der Waals surface area contributed by atoms with Gasteiger partial charge >= 0.3 is 5.97 Å². The Labute approximate surface area is 125 Å². The lowest BCUT2D eigenvalue weighted by atomic mass is 9.98. The Morgan fingerprint density at radius 3 is 2.30 bits per heavy atom. The van der Waals surface area contributed by atoms with Gasteiger partial charge in [0.05, 0.1) is 0 Å². The Bertz CT molecular complexity index is 318. The van der Waals surface area contributed by atoms with E-state index in [0.29, 0.717) is 6.42 Å². The fraction of sp³-hybridized carbons (Fsp3) is 0.812. The van der Waals surface area contributed by atoms with Gasteiger partial charge in [0.15, 0.2) is 8.32 Å². The van der Waals surface area contributed by atoms with Crippen LogP contribution < -0.4 is 0 Å². The van der Waals surface area contributed by atoms with Crippen LogP contribution in [0.1, 0.15) is 47.5 Å². The molecule has 118 valence electrons. The van der Waals surface area contributed by atoms with Crippen molar-refractivity contribution >= 4 is 14.3 Å². The molecule has 0 radical (unpaired) electrons. The largest absolute Gasteiger partial charge is 0.462 e. The molecule has 0 N–H and O–H groups in total. The summed E-state index contributed by atoms with van der Waals surface area (Å²) in [6.07, 6.45) is 3.31. The molecule has 0 bridgehead atoms. The summed E-state index contributed by atoms with van der Waals surface area (Å²) in [5, 5.41) is 0.229. The van der Waals surface area contributed by atoms with Gasteiger partial charge in [-0.15, -0.1) is 6.58 Å². The third kappa shape index (κ3) is 6.71. The van der Waals surface area contributed by atoms with E-state index < -0.39 is 8.32 Å². The Morgan fingerprint density at radius 1 is 1.35 bits per heavy atom. The van der Waals surface area contributed by atoms with E-state index in [9.17, 15) is 4.79 Å². The second kappa shape index (κ2) is 7.98. The number of esters is 1. The Balaban J connectivity index is 4.35. The van der Waals surface area contributed by atoms with Crippen molar-refractivity contribution in [2.45, 2.75) is 71.7 Å². The van der Waals surface area contributed by atoms with Crippen LogP contribution in [0.15, 0.2) is 12.7 Å². The van der Waals surface area contributed by atoms with Crippen LogP contribution in [0.25, 0.3) is 0 Å². The quantitative estimate of drug-likeness (QED) is 0.375. The van der Waals surface area contributed by atoms with Gasteiger partial charge in [0.1, 0.15) is 6.10 Å². The van der Waals surface area contributed by atoms with Crippen molar-refractivity contribution in [3.05, 3.63) is 12.7 Å². The fourth-order valence-corrected chi connectivity index (χ4v) is 2.74. The first-order valence-corrected chi connectivity index (χ1v) is 10.3. The van der Waals surface area contributed by atoms with E-state index in [0.717, 1.165) is 13.0 Å². The first-order valence-electron chi connectivity index (χ1n) is 7.43. The summed E-state index contributed by atoms with van der Waals surface area (Å²) in [5.41, 5.74) is 0. The van der Waals surface area contributed by atoms with Crippen LogP contribution in [-0.4, -0.2) is 27.0 Å². The molecule has 0 aromatic heterocycles. The minimum Gasteiger partial charge on any atom is -0.462 e. The summed E-state index contributed by atoms with van der Waals surface area (Å²) in [6.45, 7) is 19.2. The van der Waals surface area contributed by atoms with E-state index in [1.165, 1.54) is 6.92 Å². The van der Waals surface area contributed by atoms with E-state index in [-0.39, 0.29) is 23.0 Å². The molecule has 20 heavy (non-hydrogen) atoms. The van der Waals surface area contributed by atoms with E-state index in [1.807, 2.05) is 0 Å². The second-order valence-electron chi connectivity index (χ2n) is 7.05. The van der Waals surface area contributed by atoms with Gasteiger partial charge < -0.3 is 9.16 Å². The molecule has 0 heterocycles. The van der Waals surface area contributed by atoms with Gasteiger partial charge in [-0.1, -0.05) is 33.8 Å². The minimum atomic E-state index is -1.68. The van der Waals surface area contributed by atoms with Gasteiger partial charge in [0.2, 0.25) is 0 Å². The molecule has 0 spiro atoms. The fourth-order valence-electron chi connectivity index (χ4n) is 1.68. The Kier molecular flexibility index (Phi) is 7.74. The van der Waals surface area contributed by atoms with Crippen LogP contribution in [0, 0.1) is 5.92 Å². The Morgan fingerprint density at radius 2 is 1.90 bits per heavy atom. The van der Waals surface area contributed by atoms with Crippen molar-refractivity contribution in [1.29, 1.82) is 0 Å². The van der Waals surface area contributed by atoms with Crippen molar-refractivity contribution < 1.29 is 14.0 Å². The predicted octanol–water partition coefficient (Wildman–Crippen LogP) is 4.54. The molecule has 2 atom stereocenters. The molecule has 4 heteroatoms. The molecule has 0 aromatic carbocycles. The minimum absolute atomic E-state index is 0.0898. The number of hydrogen-bond acceptors (Lipinski definition) is 3. The van der Waals surface area contributed by atoms with Crippen LogP contribution in [0.5, 0.6) is 0 Å². The highest BCUT2D eigenvalue weighted by atomic mass is 28.4. The van der Waals surface area contributed by atoms with Gasteiger partial charge in [0, 0.05) is 20.0 Å². The van der Waals surface area contributed by atoms with Crippen molar-refractivity contribution in [2.75, 3.05) is 6.61 Å². The lowest BCUT2D eigenvalue weighted by Gasteiger charge is -2.36. The lowest BCUT2D eigenvalue weighted by Crippen LogP contribution is -2.41. The van der Waals surface area contributed by atoms with Crippen molar-refractivity contribution in [1.82, 2.24) is 0 Å². The normalized spacial score (nSPS) is 15.6. The smallest absolute Gasteiger partial charge is 0.302 e. The molecule has 0 aliphatic heterocycles. The lowest BCUT2D eigenvalue weighted by molar-refractivity contribution is -0.148. The first-order chi connectivity index (χ1) is 9.01. The maximum atomic E-state index is 11.1. The van der Waals surface area contributed by atoms with Gasteiger partial charge in [-0.05, 0) is 30.5 Å². The zero-order valence-corrected chi connectivity index (χ0v) is 15.3. The molecule has 3 nitrogen and oxygen atoms in total. The van der Waals surface area contributed by atoms with Crippen LogP contribution in [-0.2, 0) is 14.0 Å². The van der Waals surface area contributed by atoms with Gasteiger partial charge in [0.25, 0.3) is 0 Å². The average molecular weight is 301 g/mol. The van der Waals surface area contributed by atoms with Crippen LogP contribution >= 0.6 is 0 Å². The predicted molar refractivity (Wildman–Crippen MR) is 87.3 cm³/mol. The summed E-state index contributed by atoms with van der Waals surface area (Å²) >= 11 is 0. The average Bonchev–Trinajstić information content (AvgIpc) is 2.25. The summed E-state index contributed by atoms with van der Waals surface area (Å²) in [6, 6.07) is 0.